The zero-order valence-electron chi connectivity index (χ0n) is 40.8. The second-order valence-electron chi connectivity index (χ2n) is 19.7. The molecule has 67 heavy (non-hydrogen) atoms. The summed E-state index contributed by atoms with van der Waals surface area (Å²) in [4.78, 5) is 58.3. The van der Waals surface area contributed by atoms with Gasteiger partial charge in [0.05, 0.1) is 37.1 Å². The van der Waals surface area contributed by atoms with Gasteiger partial charge < -0.3 is 48.6 Å². The highest BCUT2D eigenvalue weighted by atomic mass is 19.1. The molecule has 0 spiro atoms. The summed E-state index contributed by atoms with van der Waals surface area (Å²) < 4.78 is 63.9. The minimum Gasteiger partial charge on any atom is -0.456 e. The molecule has 15 atom stereocenters. The van der Waals surface area contributed by atoms with Crippen LogP contribution in [0.4, 0.5) is 8.78 Å². The van der Waals surface area contributed by atoms with Gasteiger partial charge in [0.2, 0.25) is 5.79 Å². The summed E-state index contributed by atoms with van der Waals surface area (Å²) in [6, 6.07) is 1.64. The van der Waals surface area contributed by atoms with Crippen molar-refractivity contribution in [3.05, 3.63) is 58.7 Å². The summed E-state index contributed by atoms with van der Waals surface area (Å²) in [6.07, 6.45) is 1.65. The Morgan fingerprint density at radius 1 is 0.910 bits per heavy atom. The molecule has 0 aromatic heterocycles. The number of ketones is 2. The van der Waals surface area contributed by atoms with E-state index in [1.807, 2.05) is 32.9 Å². The number of esters is 1. The monoisotopic (exact) mass is 948 g/mol. The Balaban J connectivity index is 1.45. The topological polar surface area (TPSA) is 188 Å². The molecule has 1 amide bonds. The molecule has 2 bridgehead atoms. The van der Waals surface area contributed by atoms with Crippen LogP contribution in [0.1, 0.15) is 124 Å². The van der Waals surface area contributed by atoms with E-state index in [1.54, 1.807) is 27.9 Å². The number of rotatable bonds is 10. The molecular formula is C51H75F2NO13. The molecule has 3 fully saturated rings. The van der Waals surface area contributed by atoms with E-state index in [0.717, 1.165) is 28.7 Å². The minimum atomic E-state index is -2.54. The molecule has 1 aromatic carbocycles. The number of allylic oxidation sites excluding steroid dienone is 3. The van der Waals surface area contributed by atoms with Crippen LogP contribution in [0.3, 0.4) is 0 Å². The predicted octanol–water partition coefficient (Wildman–Crippen LogP) is 6.51. The summed E-state index contributed by atoms with van der Waals surface area (Å²) >= 11 is 0. The van der Waals surface area contributed by atoms with Crippen molar-refractivity contribution >= 4 is 23.4 Å². The number of piperidine rings is 1. The van der Waals surface area contributed by atoms with Gasteiger partial charge in [-0.25, -0.2) is 13.6 Å². The molecule has 1 saturated carbocycles. The molecule has 3 aliphatic heterocycles. The molecule has 14 nitrogen and oxygen atoms in total. The first-order valence-corrected chi connectivity index (χ1v) is 24.1. The molecule has 376 valence electrons. The zero-order valence-corrected chi connectivity index (χ0v) is 40.8. The van der Waals surface area contributed by atoms with Crippen molar-refractivity contribution in [2.24, 2.45) is 29.6 Å². The SMILES string of the molecule is CCC1C=C(C)CC(C)CC(OC)C2OC(O)(C(=O)C(=O)N3CCCCC3C(=O)OC(C(C)=CC3CCC(OCC(O)c4cc(F)cc(F)c4)C(OC)C3)C(C)C(O)CC1=O)C(C)CC2OC. The normalized spacial score (nSPS) is 36.4. The van der Waals surface area contributed by atoms with Gasteiger partial charge in [-0.1, -0.05) is 45.4 Å². The average Bonchev–Trinajstić information content (AvgIpc) is 3.30. The standard InChI is InChI=1S/C51H75F2NO13/c1-10-34-18-28(2)17-29(3)19-44(63-8)47-45(64-9)21-31(5)51(61,67-47)48(58)49(59)54-16-12-11-13-38(54)50(60)66-46(32(6)39(55)26-40(34)56)30(4)20-33-14-15-42(43(22-33)62-7)65-27-41(57)35-23-36(52)25-37(53)24-35/h18,20,23-25,29,31-34,38-39,41-47,55,57,61H,10-17,19,21-22,26-27H2,1-9H3. The fourth-order valence-electron chi connectivity index (χ4n) is 10.6. The molecule has 0 radical (unpaired) electrons. The Labute approximate surface area is 394 Å². The Kier molecular flexibility index (Phi) is 19.8. The largest absolute Gasteiger partial charge is 0.456 e. The van der Waals surface area contributed by atoms with E-state index in [9.17, 15) is 43.3 Å². The number of ether oxygens (including phenoxy) is 6. The molecule has 3 heterocycles. The molecule has 4 aliphatic rings. The van der Waals surface area contributed by atoms with Crippen molar-refractivity contribution in [3.8, 4) is 0 Å². The van der Waals surface area contributed by atoms with E-state index >= 15 is 0 Å². The highest BCUT2D eigenvalue weighted by Gasteiger charge is 2.56. The third-order valence-corrected chi connectivity index (χ3v) is 14.6. The number of benzene rings is 1. The fraction of sp³-hybridized carbons (Fsp3) is 0.725. The first-order chi connectivity index (χ1) is 31.7. The number of nitrogens with zero attached hydrogens (tertiary/aromatic N) is 1. The predicted molar refractivity (Wildman–Crippen MR) is 243 cm³/mol. The first kappa shape index (κ1) is 54.5. The number of carbonyl (C=O) groups is 4. The fourth-order valence-corrected chi connectivity index (χ4v) is 10.6. The Hall–Kier alpha value is -3.48. The number of aliphatic hydroxyl groups excluding tert-OH is 2. The van der Waals surface area contributed by atoms with E-state index in [2.05, 4.69) is 0 Å². The van der Waals surface area contributed by atoms with E-state index in [1.165, 1.54) is 14.2 Å². The maximum atomic E-state index is 14.5. The van der Waals surface area contributed by atoms with Crippen LogP contribution in [0, 0.1) is 41.2 Å². The van der Waals surface area contributed by atoms with Gasteiger partial charge in [-0.15, -0.1) is 0 Å². The number of halogens is 2. The molecule has 1 aliphatic carbocycles. The van der Waals surface area contributed by atoms with Crippen molar-refractivity contribution in [1.82, 2.24) is 4.90 Å². The molecule has 16 heteroatoms. The van der Waals surface area contributed by atoms with Crippen LogP contribution in [0.25, 0.3) is 0 Å². The Morgan fingerprint density at radius 3 is 2.21 bits per heavy atom. The zero-order chi connectivity index (χ0) is 49.3. The number of cyclic esters (lactones) is 1. The summed E-state index contributed by atoms with van der Waals surface area (Å²) in [5.74, 6) is -9.65. The van der Waals surface area contributed by atoms with Gasteiger partial charge >= 0.3 is 5.97 Å². The van der Waals surface area contributed by atoms with Crippen molar-refractivity contribution in [2.75, 3.05) is 34.5 Å². The lowest BCUT2D eigenvalue weighted by Gasteiger charge is -2.47. The van der Waals surface area contributed by atoms with E-state index in [4.69, 9.17) is 28.4 Å². The van der Waals surface area contributed by atoms with Crippen LogP contribution < -0.4 is 0 Å². The van der Waals surface area contributed by atoms with Crippen molar-refractivity contribution in [3.63, 3.8) is 0 Å². The van der Waals surface area contributed by atoms with Crippen LogP contribution in [-0.4, -0.2) is 133 Å². The van der Waals surface area contributed by atoms with E-state index in [-0.39, 0.29) is 55.6 Å². The summed E-state index contributed by atoms with van der Waals surface area (Å²) in [6.45, 7) is 10.8. The third kappa shape index (κ3) is 13.4. The van der Waals surface area contributed by atoms with E-state index in [0.29, 0.717) is 56.9 Å². The summed E-state index contributed by atoms with van der Waals surface area (Å²) in [7, 11) is 4.58. The number of hydrogen-bond acceptors (Lipinski definition) is 13. The van der Waals surface area contributed by atoms with E-state index < -0.39 is 108 Å². The number of carbonyl (C=O) groups excluding carboxylic acids is 4. The van der Waals surface area contributed by atoms with Crippen LogP contribution >= 0.6 is 0 Å². The summed E-state index contributed by atoms with van der Waals surface area (Å²) in [5.41, 5.74) is 1.61. The molecule has 3 N–H and O–H groups in total. The van der Waals surface area contributed by atoms with Crippen molar-refractivity contribution in [1.29, 1.82) is 0 Å². The number of fused-ring (bicyclic) bond motifs is 3. The molecule has 2 saturated heterocycles. The quantitative estimate of drug-likeness (QED) is 0.131. The Bertz CT molecular complexity index is 1910. The van der Waals surface area contributed by atoms with Gasteiger partial charge in [-0.2, -0.15) is 0 Å². The second kappa shape index (κ2) is 24.4. The molecular weight excluding hydrogens is 873 g/mol. The highest BCUT2D eigenvalue weighted by molar-refractivity contribution is 6.39. The second-order valence-corrected chi connectivity index (χ2v) is 19.7. The summed E-state index contributed by atoms with van der Waals surface area (Å²) in [5, 5.41) is 34.6. The highest BCUT2D eigenvalue weighted by Crippen LogP contribution is 2.39. The van der Waals surface area contributed by atoms with Crippen molar-refractivity contribution in [2.45, 2.75) is 173 Å². The molecule has 1 aromatic rings. The maximum absolute atomic E-state index is 14.5. The van der Waals surface area contributed by atoms with Gasteiger partial charge in [0, 0.05) is 58.1 Å². The van der Waals surface area contributed by atoms with Gasteiger partial charge in [-0.05, 0) is 113 Å². The van der Waals surface area contributed by atoms with Gasteiger partial charge in [0.1, 0.15) is 41.8 Å². The first-order valence-electron chi connectivity index (χ1n) is 24.1. The van der Waals surface area contributed by atoms with Crippen LogP contribution in [0.5, 0.6) is 0 Å². The number of Topliss-reactive ketones (excluding diaryl/α,β-unsaturated/α-hetero) is 2. The molecule has 15 unspecified atom stereocenters. The van der Waals surface area contributed by atoms with Crippen LogP contribution in [-0.2, 0) is 47.6 Å². The van der Waals surface area contributed by atoms with Gasteiger partial charge in [0.25, 0.3) is 11.7 Å². The maximum Gasteiger partial charge on any atom is 0.329 e. The van der Waals surface area contributed by atoms with Crippen LogP contribution in [0.2, 0.25) is 0 Å². The number of methoxy groups -OCH3 is 3. The van der Waals surface area contributed by atoms with Crippen LogP contribution in [0.15, 0.2) is 41.5 Å². The number of aliphatic hydroxyl groups is 3. The number of hydrogen-bond donors (Lipinski definition) is 3. The van der Waals surface area contributed by atoms with Gasteiger partial charge in [-0.3, -0.25) is 14.4 Å². The lowest BCUT2D eigenvalue weighted by Crippen LogP contribution is -2.64. The molecule has 5 rings (SSSR count). The lowest BCUT2D eigenvalue weighted by atomic mass is 9.81. The average molecular weight is 948 g/mol. The van der Waals surface area contributed by atoms with Crippen molar-refractivity contribution < 1.29 is 71.7 Å². The van der Waals surface area contributed by atoms with Gasteiger partial charge in [0.15, 0.2) is 0 Å². The smallest absolute Gasteiger partial charge is 0.329 e. The third-order valence-electron chi connectivity index (χ3n) is 14.6. The lowest BCUT2D eigenvalue weighted by molar-refractivity contribution is -0.302. The number of amides is 1. The minimum absolute atomic E-state index is 0.000694. The Morgan fingerprint density at radius 2 is 1.57 bits per heavy atom.